The van der Waals surface area contributed by atoms with Crippen LogP contribution in [-0.2, 0) is 0 Å². The summed E-state index contributed by atoms with van der Waals surface area (Å²) in [5, 5.41) is 13.4. The number of nitro groups is 1. The van der Waals surface area contributed by atoms with Crippen molar-refractivity contribution in [1.29, 1.82) is 0 Å². The van der Waals surface area contributed by atoms with E-state index in [4.69, 9.17) is 4.74 Å². The summed E-state index contributed by atoms with van der Waals surface area (Å²) in [7, 11) is 1.53. The Bertz CT molecular complexity index is 784. The third-order valence-corrected chi connectivity index (χ3v) is 3.57. The van der Waals surface area contributed by atoms with Crippen LogP contribution in [0.15, 0.2) is 42.5 Å². The van der Waals surface area contributed by atoms with Crippen LogP contribution < -0.4 is 10.1 Å². The van der Waals surface area contributed by atoms with Crippen LogP contribution in [0.4, 0.5) is 5.69 Å². The number of nitrogens with zero attached hydrogens (tertiary/aromatic N) is 1. The van der Waals surface area contributed by atoms with Crippen molar-refractivity contribution in [2.45, 2.75) is 6.92 Å². The number of ketones is 1. The lowest BCUT2D eigenvalue weighted by molar-refractivity contribution is -0.385. The molecule has 2 rings (SSSR count). The van der Waals surface area contributed by atoms with Crippen LogP contribution >= 0.6 is 0 Å². The van der Waals surface area contributed by atoms with Gasteiger partial charge in [0.05, 0.1) is 18.6 Å². The van der Waals surface area contributed by atoms with Gasteiger partial charge in [0, 0.05) is 22.8 Å². The van der Waals surface area contributed by atoms with Crippen molar-refractivity contribution in [3.05, 3.63) is 69.3 Å². The van der Waals surface area contributed by atoms with Crippen LogP contribution in [-0.4, -0.2) is 30.3 Å². The van der Waals surface area contributed by atoms with E-state index < -0.39 is 10.8 Å². The molecule has 2 aromatic carbocycles. The maximum Gasteiger partial charge on any atom is 0.273 e. The molecule has 0 aliphatic carbocycles. The Balaban J connectivity index is 2.06. The largest absolute Gasteiger partial charge is 0.497 e. The molecule has 124 valence electrons. The Hall–Kier alpha value is -3.22. The minimum atomic E-state index is -0.547. The molecule has 2 aromatic rings. The molecule has 0 saturated heterocycles. The first-order valence-corrected chi connectivity index (χ1v) is 7.13. The number of carbonyl (C=O) groups excluding carboxylic acids is 2. The first kappa shape index (κ1) is 17.1. The smallest absolute Gasteiger partial charge is 0.273 e. The average molecular weight is 328 g/mol. The number of benzene rings is 2. The Labute approximate surface area is 138 Å². The van der Waals surface area contributed by atoms with Crippen LogP contribution in [0.2, 0.25) is 0 Å². The molecule has 7 nitrogen and oxygen atoms in total. The molecule has 0 heterocycles. The second-order valence-corrected chi connectivity index (χ2v) is 5.04. The number of amides is 1. The maximum absolute atomic E-state index is 12.2. The van der Waals surface area contributed by atoms with E-state index >= 15 is 0 Å². The van der Waals surface area contributed by atoms with Gasteiger partial charge in [-0.1, -0.05) is 6.07 Å². The first-order valence-electron chi connectivity index (χ1n) is 7.13. The van der Waals surface area contributed by atoms with Crippen molar-refractivity contribution < 1.29 is 19.2 Å². The standard InChI is InChI=1S/C17H16N2O5/c1-11-14(4-3-5-15(11)19(22)23)17(21)18-10-16(20)12-6-8-13(24-2)9-7-12/h3-9H,10H2,1-2H3,(H,18,21). The molecule has 0 fully saturated rings. The Morgan fingerprint density at radius 2 is 1.83 bits per heavy atom. The van der Waals surface area contributed by atoms with Gasteiger partial charge >= 0.3 is 0 Å². The summed E-state index contributed by atoms with van der Waals surface area (Å²) < 4.78 is 5.01. The molecule has 0 bridgehead atoms. The molecule has 7 heteroatoms. The van der Waals surface area contributed by atoms with Crippen LogP contribution in [0, 0.1) is 17.0 Å². The number of nitro benzene ring substituents is 1. The van der Waals surface area contributed by atoms with E-state index in [2.05, 4.69) is 5.32 Å². The third-order valence-electron chi connectivity index (χ3n) is 3.57. The lowest BCUT2D eigenvalue weighted by Crippen LogP contribution is -2.30. The van der Waals surface area contributed by atoms with Gasteiger partial charge in [0.2, 0.25) is 0 Å². The fourth-order valence-electron chi connectivity index (χ4n) is 2.20. The molecule has 0 saturated carbocycles. The molecule has 1 amide bonds. The van der Waals surface area contributed by atoms with E-state index in [1.165, 1.54) is 32.2 Å². The number of methoxy groups -OCH3 is 1. The quantitative estimate of drug-likeness (QED) is 0.499. The van der Waals surface area contributed by atoms with Gasteiger partial charge in [-0.25, -0.2) is 0 Å². The lowest BCUT2D eigenvalue weighted by Gasteiger charge is -2.08. The van der Waals surface area contributed by atoms with Crippen molar-refractivity contribution in [3.63, 3.8) is 0 Å². The normalized spacial score (nSPS) is 10.1. The summed E-state index contributed by atoms with van der Waals surface area (Å²) in [4.78, 5) is 34.6. The molecule has 0 radical (unpaired) electrons. The minimum absolute atomic E-state index is 0.135. The highest BCUT2D eigenvalue weighted by molar-refractivity contribution is 6.03. The number of carbonyl (C=O) groups is 2. The Kier molecular flexibility index (Phi) is 5.26. The minimum Gasteiger partial charge on any atom is -0.497 e. The predicted molar refractivity (Wildman–Crippen MR) is 87.5 cm³/mol. The second-order valence-electron chi connectivity index (χ2n) is 5.04. The van der Waals surface area contributed by atoms with Crippen LogP contribution in [0.3, 0.4) is 0 Å². The molecule has 0 spiro atoms. The number of hydrogen-bond acceptors (Lipinski definition) is 5. The van der Waals surface area contributed by atoms with Gasteiger partial charge in [-0.15, -0.1) is 0 Å². The van der Waals surface area contributed by atoms with E-state index in [1.807, 2.05) is 0 Å². The highest BCUT2D eigenvalue weighted by Gasteiger charge is 2.18. The zero-order chi connectivity index (χ0) is 17.7. The highest BCUT2D eigenvalue weighted by Crippen LogP contribution is 2.21. The number of rotatable bonds is 6. The van der Waals surface area contributed by atoms with Crippen molar-refractivity contribution >= 4 is 17.4 Å². The number of Topliss-reactive ketones (excluding diaryl/α,β-unsaturated/α-hetero) is 1. The van der Waals surface area contributed by atoms with Gasteiger partial charge in [0.25, 0.3) is 11.6 Å². The molecule has 0 aliphatic rings. The van der Waals surface area contributed by atoms with E-state index in [9.17, 15) is 19.7 Å². The van der Waals surface area contributed by atoms with Crippen LogP contribution in [0.1, 0.15) is 26.3 Å². The van der Waals surface area contributed by atoms with Crippen molar-refractivity contribution in [2.24, 2.45) is 0 Å². The van der Waals surface area contributed by atoms with Gasteiger partial charge in [0.1, 0.15) is 5.75 Å². The molecule has 0 unspecified atom stereocenters. The zero-order valence-electron chi connectivity index (χ0n) is 13.2. The van der Waals surface area contributed by atoms with Gasteiger partial charge in [-0.05, 0) is 37.3 Å². The van der Waals surface area contributed by atoms with Gasteiger partial charge < -0.3 is 10.1 Å². The zero-order valence-corrected chi connectivity index (χ0v) is 13.2. The van der Waals surface area contributed by atoms with Gasteiger partial charge in [0.15, 0.2) is 5.78 Å². The van der Waals surface area contributed by atoms with E-state index in [0.717, 1.165) is 0 Å². The highest BCUT2D eigenvalue weighted by atomic mass is 16.6. The monoisotopic (exact) mass is 328 g/mol. The molecule has 0 atom stereocenters. The molecule has 1 N–H and O–H groups in total. The van der Waals surface area contributed by atoms with Crippen LogP contribution in [0.25, 0.3) is 0 Å². The summed E-state index contributed by atoms with van der Waals surface area (Å²) in [5.74, 6) is -0.171. The van der Waals surface area contributed by atoms with E-state index in [0.29, 0.717) is 11.3 Å². The van der Waals surface area contributed by atoms with Gasteiger partial charge in [-0.3, -0.25) is 19.7 Å². The fourth-order valence-corrected chi connectivity index (χ4v) is 2.20. The number of nitrogens with one attached hydrogen (secondary N) is 1. The van der Waals surface area contributed by atoms with E-state index in [-0.39, 0.29) is 29.1 Å². The summed E-state index contributed by atoms with van der Waals surface area (Å²) in [5.41, 5.74) is 0.736. The third kappa shape index (κ3) is 3.75. The summed E-state index contributed by atoms with van der Waals surface area (Å²) >= 11 is 0. The summed E-state index contributed by atoms with van der Waals surface area (Å²) in [6.07, 6.45) is 0. The van der Waals surface area contributed by atoms with Gasteiger partial charge in [-0.2, -0.15) is 0 Å². The first-order chi connectivity index (χ1) is 11.4. The van der Waals surface area contributed by atoms with Crippen molar-refractivity contribution in [1.82, 2.24) is 5.32 Å². The lowest BCUT2D eigenvalue weighted by atomic mass is 10.1. The molecular formula is C17H16N2O5. The second kappa shape index (κ2) is 7.36. The Morgan fingerprint density at radius 3 is 2.42 bits per heavy atom. The number of ether oxygens (including phenoxy) is 1. The summed E-state index contributed by atoms with van der Waals surface area (Å²) in [6, 6.07) is 10.8. The Morgan fingerprint density at radius 1 is 1.17 bits per heavy atom. The predicted octanol–water partition coefficient (Wildman–Crippen LogP) is 2.52. The topological polar surface area (TPSA) is 98.5 Å². The molecule has 0 aliphatic heterocycles. The molecule has 24 heavy (non-hydrogen) atoms. The SMILES string of the molecule is COc1ccc(C(=O)CNC(=O)c2cccc([N+](=O)[O-])c2C)cc1. The van der Waals surface area contributed by atoms with Crippen molar-refractivity contribution in [2.75, 3.05) is 13.7 Å². The van der Waals surface area contributed by atoms with Crippen LogP contribution in [0.5, 0.6) is 5.75 Å². The van der Waals surface area contributed by atoms with E-state index in [1.54, 1.807) is 24.3 Å². The molecule has 0 aromatic heterocycles. The summed E-state index contributed by atoms with van der Waals surface area (Å²) in [6.45, 7) is 1.30. The molecular weight excluding hydrogens is 312 g/mol. The number of hydrogen-bond donors (Lipinski definition) is 1. The fraction of sp³-hybridized carbons (Fsp3) is 0.176. The maximum atomic E-state index is 12.2. The van der Waals surface area contributed by atoms with Crippen molar-refractivity contribution in [3.8, 4) is 5.75 Å². The average Bonchev–Trinajstić information content (AvgIpc) is 2.59.